The average Bonchev–Trinajstić information content (AvgIpc) is 1.96. The summed E-state index contributed by atoms with van der Waals surface area (Å²) < 4.78 is 0. The predicted molar refractivity (Wildman–Crippen MR) is 47.9 cm³/mol. The third kappa shape index (κ3) is 5.09. The Hall–Kier alpha value is -0.610. The van der Waals surface area contributed by atoms with E-state index in [1.54, 1.807) is 0 Å². The van der Waals surface area contributed by atoms with E-state index in [1.165, 1.54) is 0 Å². The summed E-state index contributed by atoms with van der Waals surface area (Å²) in [7, 11) is 0. The molecule has 4 nitrogen and oxygen atoms in total. The molecule has 72 valence electrons. The van der Waals surface area contributed by atoms with Gasteiger partial charge in [0.25, 0.3) is 0 Å². The fourth-order valence-corrected chi connectivity index (χ4v) is 0.956. The smallest absolute Gasteiger partial charge is 0.317 e. The highest BCUT2D eigenvalue weighted by molar-refractivity contribution is 5.68. The van der Waals surface area contributed by atoms with Crippen molar-refractivity contribution < 1.29 is 9.90 Å². The van der Waals surface area contributed by atoms with Crippen molar-refractivity contribution in [2.24, 2.45) is 17.6 Å². The standard InChI is InChI=1S/C8H18N2O2/c1-6(2)7(3-9)4-10-5-8(11)12/h6-7,10H,3-5,9H2,1-2H3,(H,11,12). The minimum Gasteiger partial charge on any atom is -0.480 e. The molecule has 4 N–H and O–H groups in total. The molecule has 0 fully saturated rings. The lowest BCUT2D eigenvalue weighted by Crippen LogP contribution is -2.34. The maximum Gasteiger partial charge on any atom is 0.317 e. The molecule has 0 aliphatic heterocycles. The van der Waals surface area contributed by atoms with E-state index in [2.05, 4.69) is 19.2 Å². The molecule has 0 bridgehead atoms. The van der Waals surface area contributed by atoms with Crippen molar-refractivity contribution in [1.82, 2.24) is 5.32 Å². The Bertz CT molecular complexity index is 137. The molecule has 0 amide bonds. The van der Waals surface area contributed by atoms with Gasteiger partial charge in [0.05, 0.1) is 6.54 Å². The Morgan fingerprint density at radius 1 is 1.58 bits per heavy atom. The molecule has 12 heavy (non-hydrogen) atoms. The highest BCUT2D eigenvalue weighted by atomic mass is 16.4. The Labute approximate surface area is 73.1 Å². The molecule has 0 rings (SSSR count). The van der Waals surface area contributed by atoms with Gasteiger partial charge in [-0.3, -0.25) is 4.79 Å². The van der Waals surface area contributed by atoms with Crippen LogP contribution in [0.2, 0.25) is 0 Å². The quantitative estimate of drug-likeness (QED) is 0.525. The van der Waals surface area contributed by atoms with E-state index >= 15 is 0 Å². The molecule has 0 radical (unpaired) electrons. The average molecular weight is 174 g/mol. The molecule has 0 saturated heterocycles. The summed E-state index contributed by atoms with van der Waals surface area (Å²) in [4.78, 5) is 10.1. The number of carboxylic acid groups (broad SMARTS) is 1. The monoisotopic (exact) mass is 174 g/mol. The van der Waals surface area contributed by atoms with Gasteiger partial charge in [-0.15, -0.1) is 0 Å². The first-order chi connectivity index (χ1) is 5.57. The molecule has 0 spiro atoms. The molecule has 0 aliphatic rings. The first kappa shape index (κ1) is 11.4. The zero-order chi connectivity index (χ0) is 9.56. The lowest BCUT2D eigenvalue weighted by Gasteiger charge is -2.18. The van der Waals surface area contributed by atoms with Crippen LogP contribution >= 0.6 is 0 Å². The van der Waals surface area contributed by atoms with Gasteiger partial charge < -0.3 is 16.2 Å². The van der Waals surface area contributed by atoms with Gasteiger partial charge >= 0.3 is 5.97 Å². The number of aliphatic carboxylic acids is 1. The van der Waals surface area contributed by atoms with Crippen LogP contribution in [0.3, 0.4) is 0 Å². The highest BCUT2D eigenvalue weighted by Crippen LogP contribution is 2.06. The summed E-state index contributed by atoms with van der Waals surface area (Å²) in [5.74, 6) is 0.0372. The van der Waals surface area contributed by atoms with Crippen molar-refractivity contribution >= 4 is 5.97 Å². The Morgan fingerprint density at radius 3 is 2.50 bits per heavy atom. The largest absolute Gasteiger partial charge is 0.480 e. The number of carboxylic acids is 1. The second-order valence-electron chi connectivity index (χ2n) is 3.26. The summed E-state index contributed by atoms with van der Waals surface area (Å²) in [6, 6.07) is 0. The van der Waals surface area contributed by atoms with E-state index in [0.717, 1.165) is 0 Å². The first-order valence-electron chi connectivity index (χ1n) is 4.20. The van der Waals surface area contributed by atoms with Crippen LogP contribution in [0.5, 0.6) is 0 Å². The summed E-state index contributed by atoms with van der Waals surface area (Å²) in [6.07, 6.45) is 0. The minimum absolute atomic E-state index is 0.0171. The Morgan fingerprint density at radius 2 is 2.17 bits per heavy atom. The van der Waals surface area contributed by atoms with Crippen molar-refractivity contribution in [1.29, 1.82) is 0 Å². The zero-order valence-corrected chi connectivity index (χ0v) is 7.71. The topological polar surface area (TPSA) is 75.3 Å². The van der Waals surface area contributed by atoms with Crippen LogP contribution in [0.15, 0.2) is 0 Å². The van der Waals surface area contributed by atoms with Crippen molar-refractivity contribution in [3.8, 4) is 0 Å². The van der Waals surface area contributed by atoms with Gasteiger partial charge in [-0.2, -0.15) is 0 Å². The Kier molecular flexibility index (Phi) is 5.66. The van der Waals surface area contributed by atoms with E-state index in [0.29, 0.717) is 24.9 Å². The molecule has 0 aromatic rings. The van der Waals surface area contributed by atoms with Crippen LogP contribution < -0.4 is 11.1 Å². The predicted octanol–water partition coefficient (Wildman–Crippen LogP) is -0.108. The highest BCUT2D eigenvalue weighted by Gasteiger charge is 2.10. The number of nitrogens with one attached hydrogen (secondary N) is 1. The SMILES string of the molecule is CC(C)C(CN)CNCC(=O)O. The third-order valence-electron chi connectivity index (χ3n) is 1.93. The molecular formula is C8H18N2O2. The van der Waals surface area contributed by atoms with Gasteiger partial charge in [0.1, 0.15) is 0 Å². The second-order valence-corrected chi connectivity index (χ2v) is 3.26. The van der Waals surface area contributed by atoms with Crippen molar-refractivity contribution in [3.05, 3.63) is 0 Å². The molecule has 0 aromatic heterocycles. The van der Waals surface area contributed by atoms with Gasteiger partial charge in [-0.05, 0) is 24.9 Å². The van der Waals surface area contributed by atoms with Crippen LogP contribution in [-0.4, -0.2) is 30.7 Å². The zero-order valence-electron chi connectivity index (χ0n) is 7.71. The van der Waals surface area contributed by atoms with Crippen LogP contribution in [-0.2, 0) is 4.79 Å². The number of nitrogens with two attached hydrogens (primary N) is 1. The molecule has 4 heteroatoms. The maximum absolute atomic E-state index is 10.1. The number of rotatable bonds is 6. The summed E-state index contributed by atoms with van der Waals surface area (Å²) in [6.45, 7) is 5.47. The third-order valence-corrected chi connectivity index (χ3v) is 1.93. The van der Waals surface area contributed by atoms with Crippen molar-refractivity contribution in [3.63, 3.8) is 0 Å². The van der Waals surface area contributed by atoms with E-state index in [1.807, 2.05) is 0 Å². The molecule has 0 saturated carbocycles. The van der Waals surface area contributed by atoms with Crippen LogP contribution in [0.25, 0.3) is 0 Å². The summed E-state index contributed by atoms with van der Waals surface area (Å²) >= 11 is 0. The van der Waals surface area contributed by atoms with Crippen molar-refractivity contribution in [2.75, 3.05) is 19.6 Å². The summed E-state index contributed by atoms with van der Waals surface area (Å²) in [5.41, 5.74) is 5.50. The van der Waals surface area contributed by atoms with Crippen LogP contribution in [0, 0.1) is 11.8 Å². The normalized spacial score (nSPS) is 13.3. The number of hydrogen-bond acceptors (Lipinski definition) is 3. The van der Waals surface area contributed by atoms with Crippen LogP contribution in [0.1, 0.15) is 13.8 Å². The lowest BCUT2D eigenvalue weighted by molar-refractivity contribution is -0.136. The fraction of sp³-hybridized carbons (Fsp3) is 0.875. The van der Waals surface area contributed by atoms with E-state index in [4.69, 9.17) is 10.8 Å². The van der Waals surface area contributed by atoms with Gasteiger partial charge in [-0.1, -0.05) is 13.8 Å². The minimum atomic E-state index is -0.825. The van der Waals surface area contributed by atoms with Gasteiger partial charge in [-0.25, -0.2) is 0 Å². The van der Waals surface area contributed by atoms with Gasteiger partial charge in [0.2, 0.25) is 0 Å². The molecular weight excluding hydrogens is 156 g/mol. The molecule has 1 unspecified atom stereocenters. The second kappa shape index (κ2) is 5.97. The van der Waals surface area contributed by atoms with Crippen LogP contribution in [0.4, 0.5) is 0 Å². The molecule has 0 aromatic carbocycles. The van der Waals surface area contributed by atoms with Gasteiger partial charge in [0, 0.05) is 0 Å². The van der Waals surface area contributed by atoms with E-state index < -0.39 is 5.97 Å². The number of carbonyl (C=O) groups is 1. The summed E-state index contributed by atoms with van der Waals surface area (Å²) in [5, 5.41) is 11.2. The fourth-order valence-electron chi connectivity index (χ4n) is 0.956. The maximum atomic E-state index is 10.1. The van der Waals surface area contributed by atoms with Gasteiger partial charge in [0.15, 0.2) is 0 Å². The number of hydrogen-bond donors (Lipinski definition) is 3. The first-order valence-corrected chi connectivity index (χ1v) is 4.20. The Balaban J connectivity index is 3.51. The van der Waals surface area contributed by atoms with Crippen molar-refractivity contribution in [2.45, 2.75) is 13.8 Å². The molecule has 0 aliphatic carbocycles. The van der Waals surface area contributed by atoms with E-state index in [9.17, 15) is 4.79 Å². The van der Waals surface area contributed by atoms with E-state index in [-0.39, 0.29) is 6.54 Å². The molecule has 1 atom stereocenters. The molecule has 0 heterocycles. The lowest BCUT2D eigenvalue weighted by atomic mass is 9.96.